The van der Waals surface area contributed by atoms with Crippen LogP contribution in [0.3, 0.4) is 0 Å². The van der Waals surface area contributed by atoms with Crippen LogP contribution < -0.4 is 4.90 Å². The van der Waals surface area contributed by atoms with Gasteiger partial charge in [-0.1, -0.05) is 5.11 Å². The zero-order chi connectivity index (χ0) is 13.6. The Labute approximate surface area is 109 Å². The number of pyridine rings is 1. The summed E-state index contributed by atoms with van der Waals surface area (Å²) in [5.74, 6) is 0.511. The van der Waals surface area contributed by atoms with E-state index in [1.807, 2.05) is 0 Å². The minimum Gasteiger partial charge on any atom is -0.299 e. The molecular weight excluding hydrogens is 244 g/mol. The van der Waals surface area contributed by atoms with Crippen LogP contribution in [0.15, 0.2) is 17.4 Å². The molecule has 2 unspecified atom stereocenters. The number of carbonyl (C=O) groups excluding carboxylic acids is 1. The van der Waals surface area contributed by atoms with Gasteiger partial charge in [0, 0.05) is 18.2 Å². The Bertz CT molecular complexity index is 657. The van der Waals surface area contributed by atoms with Crippen LogP contribution >= 0.6 is 0 Å². The molecule has 0 bridgehead atoms. The lowest BCUT2D eigenvalue weighted by molar-refractivity contribution is -0.119. The average Bonchev–Trinajstić information content (AvgIpc) is 3.22. The summed E-state index contributed by atoms with van der Waals surface area (Å²) in [6, 6.07) is 3.16. The highest BCUT2D eigenvalue weighted by Crippen LogP contribution is 2.54. The number of azide groups is 1. The molecule has 3 rings (SSSR count). The molecule has 0 saturated heterocycles. The number of hydrogen-bond donors (Lipinski definition) is 0. The Morgan fingerprint density at radius 1 is 1.68 bits per heavy atom. The summed E-state index contributed by atoms with van der Waals surface area (Å²) in [4.78, 5) is 20.6. The molecule has 0 spiro atoms. The standard InChI is InChI=1S/C12H10N6O/c1-18-11-9(2-6(4-13)5-15-11)7-3-8(7)10(12(18)19)16-17-14/h2,5,7-8,10H,3H2,1H3/t7-,8?,10?/m1/s1. The minimum absolute atomic E-state index is 0.0304. The minimum atomic E-state index is -0.667. The Morgan fingerprint density at radius 3 is 3.16 bits per heavy atom. The first-order chi connectivity index (χ1) is 9.17. The lowest BCUT2D eigenvalue weighted by atomic mass is 10.1. The molecule has 2 aliphatic rings. The number of amides is 1. The zero-order valence-electron chi connectivity index (χ0n) is 10.2. The quantitative estimate of drug-likeness (QED) is 0.432. The van der Waals surface area contributed by atoms with Crippen LogP contribution in [-0.2, 0) is 4.79 Å². The predicted molar refractivity (Wildman–Crippen MR) is 66.1 cm³/mol. The van der Waals surface area contributed by atoms with Gasteiger partial charge >= 0.3 is 0 Å². The van der Waals surface area contributed by atoms with Crippen molar-refractivity contribution >= 4 is 11.7 Å². The molecule has 1 aromatic rings. The third kappa shape index (κ3) is 1.62. The van der Waals surface area contributed by atoms with Crippen molar-refractivity contribution in [2.75, 3.05) is 11.9 Å². The number of carbonyl (C=O) groups is 1. The summed E-state index contributed by atoms with van der Waals surface area (Å²) in [6.45, 7) is 0. The number of nitrogens with zero attached hydrogens (tertiary/aromatic N) is 6. The van der Waals surface area contributed by atoms with Gasteiger partial charge in [-0.25, -0.2) is 4.98 Å². The van der Waals surface area contributed by atoms with Crippen LogP contribution in [0, 0.1) is 17.2 Å². The van der Waals surface area contributed by atoms with Gasteiger partial charge < -0.3 is 0 Å². The Hall–Kier alpha value is -2.58. The van der Waals surface area contributed by atoms with E-state index in [0.29, 0.717) is 11.4 Å². The topological polar surface area (TPSA) is 106 Å². The zero-order valence-corrected chi connectivity index (χ0v) is 10.2. The number of rotatable bonds is 1. The molecule has 7 heteroatoms. The van der Waals surface area contributed by atoms with E-state index in [0.717, 1.165) is 12.0 Å². The first-order valence-electron chi connectivity index (χ1n) is 5.89. The highest BCUT2D eigenvalue weighted by Gasteiger charge is 2.51. The number of likely N-dealkylation sites (N-methyl/N-ethyl adjacent to an activating group) is 1. The van der Waals surface area contributed by atoms with Crippen molar-refractivity contribution in [3.8, 4) is 6.07 Å². The normalized spacial score (nSPS) is 27.5. The van der Waals surface area contributed by atoms with E-state index in [2.05, 4.69) is 21.1 Å². The van der Waals surface area contributed by atoms with Crippen molar-refractivity contribution < 1.29 is 4.79 Å². The van der Waals surface area contributed by atoms with E-state index in [9.17, 15) is 4.79 Å². The smallest absolute Gasteiger partial charge is 0.237 e. The van der Waals surface area contributed by atoms with E-state index in [1.54, 1.807) is 13.1 Å². The lowest BCUT2D eigenvalue weighted by Gasteiger charge is -2.19. The summed E-state index contributed by atoms with van der Waals surface area (Å²) in [5, 5.41) is 12.5. The van der Waals surface area contributed by atoms with E-state index >= 15 is 0 Å². The van der Waals surface area contributed by atoms with Gasteiger partial charge in [0.1, 0.15) is 17.9 Å². The summed E-state index contributed by atoms with van der Waals surface area (Å²) < 4.78 is 0. The van der Waals surface area contributed by atoms with Crippen molar-refractivity contribution in [3.05, 3.63) is 33.8 Å². The van der Waals surface area contributed by atoms with Crippen molar-refractivity contribution in [2.45, 2.75) is 18.4 Å². The molecule has 0 N–H and O–H groups in total. The SMILES string of the molecule is CN1C(=O)C(N=[N+]=[N-])C2C[C@H]2c2cc(C#N)cnc21. The fraction of sp³-hybridized carbons (Fsp3) is 0.417. The molecule has 1 amide bonds. The number of anilines is 1. The number of aromatic nitrogens is 1. The van der Waals surface area contributed by atoms with E-state index in [-0.39, 0.29) is 17.7 Å². The van der Waals surface area contributed by atoms with Crippen molar-refractivity contribution in [2.24, 2.45) is 11.0 Å². The maximum atomic E-state index is 12.2. The molecule has 0 radical (unpaired) electrons. The van der Waals surface area contributed by atoms with Gasteiger partial charge in [-0.3, -0.25) is 9.69 Å². The van der Waals surface area contributed by atoms with Crippen LogP contribution in [0.1, 0.15) is 23.5 Å². The first kappa shape index (κ1) is 11.5. The van der Waals surface area contributed by atoms with Gasteiger partial charge in [0.15, 0.2) is 0 Å². The number of hydrogen-bond acceptors (Lipinski definition) is 4. The third-order valence-electron chi connectivity index (χ3n) is 3.75. The molecule has 3 atom stereocenters. The maximum Gasteiger partial charge on any atom is 0.237 e. The Morgan fingerprint density at radius 2 is 2.47 bits per heavy atom. The molecule has 94 valence electrons. The van der Waals surface area contributed by atoms with Gasteiger partial charge in [0.2, 0.25) is 5.91 Å². The summed E-state index contributed by atoms with van der Waals surface area (Å²) in [6.07, 6.45) is 2.25. The monoisotopic (exact) mass is 254 g/mol. The summed E-state index contributed by atoms with van der Waals surface area (Å²) >= 11 is 0. The van der Waals surface area contributed by atoms with Gasteiger partial charge in [0.25, 0.3) is 0 Å². The summed E-state index contributed by atoms with van der Waals surface area (Å²) in [7, 11) is 1.62. The van der Waals surface area contributed by atoms with Crippen LogP contribution in [-0.4, -0.2) is 24.0 Å². The molecular formula is C12H10N6O. The highest BCUT2D eigenvalue weighted by atomic mass is 16.2. The second kappa shape index (κ2) is 3.97. The van der Waals surface area contributed by atoms with Gasteiger partial charge in [-0.15, -0.1) is 0 Å². The van der Waals surface area contributed by atoms with Crippen LogP contribution in [0.2, 0.25) is 0 Å². The summed E-state index contributed by atoms with van der Waals surface area (Å²) in [5.41, 5.74) is 9.96. The molecule has 1 aliphatic carbocycles. The second-order valence-electron chi connectivity index (χ2n) is 4.80. The fourth-order valence-electron chi connectivity index (χ4n) is 2.69. The molecule has 1 fully saturated rings. The molecule has 7 nitrogen and oxygen atoms in total. The van der Waals surface area contributed by atoms with E-state index in [4.69, 9.17) is 10.8 Å². The van der Waals surface area contributed by atoms with Crippen LogP contribution in [0.4, 0.5) is 5.82 Å². The molecule has 1 aromatic heterocycles. The van der Waals surface area contributed by atoms with Crippen molar-refractivity contribution in [3.63, 3.8) is 0 Å². The van der Waals surface area contributed by atoms with Gasteiger partial charge in [-0.2, -0.15) is 5.26 Å². The third-order valence-corrected chi connectivity index (χ3v) is 3.75. The maximum absolute atomic E-state index is 12.2. The second-order valence-corrected chi connectivity index (χ2v) is 4.80. The molecule has 1 saturated carbocycles. The van der Waals surface area contributed by atoms with E-state index < -0.39 is 6.04 Å². The van der Waals surface area contributed by atoms with Gasteiger partial charge in [-0.05, 0) is 35.4 Å². The molecule has 1 aliphatic heterocycles. The first-order valence-corrected chi connectivity index (χ1v) is 5.89. The number of nitriles is 1. The highest BCUT2D eigenvalue weighted by molar-refractivity contribution is 5.98. The van der Waals surface area contributed by atoms with E-state index in [1.165, 1.54) is 11.1 Å². The number of fused-ring (bicyclic) bond motifs is 3. The average molecular weight is 254 g/mol. The lowest BCUT2D eigenvalue weighted by Crippen LogP contribution is -2.36. The largest absolute Gasteiger partial charge is 0.299 e. The van der Waals surface area contributed by atoms with Gasteiger partial charge in [0.05, 0.1) is 5.56 Å². The predicted octanol–water partition coefficient (Wildman–Crippen LogP) is 1.71. The fourth-order valence-corrected chi connectivity index (χ4v) is 2.69. The molecule has 0 aromatic carbocycles. The van der Waals surface area contributed by atoms with Crippen LogP contribution in [0.5, 0.6) is 0 Å². The van der Waals surface area contributed by atoms with Crippen molar-refractivity contribution in [1.29, 1.82) is 5.26 Å². The van der Waals surface area contributed by atoms with Crippen molar-refractivity contribution in [1.82, 2.24) is 4.98 Å². The molecule has 19 heavy (non-hydrogen) atoms. The Balaban J connectivity index is 2.12. The Kier molecular flexibility index (Phi) is 2.40. The van der Waals surface area contributed by atoms with Crippen LogP contribution in [0.25, 0.3) is 10.4 Å². The molecule has 2 heterocycles.